The van der Waals surface area contributed by atoms with Gasteiger partial charge in [-0.2, -0.15) is 0 Å². The number of aliphatic hydroxyl groups is 1. The smallest absolute Gasteiger partial charge is 0.231 e. The number of benzene rings is 1. The van der Waals surface area contributed by atoms with Gasteiger partial charge in [0, 0.05) is 5.56 Å². The van der Waals surface area contributed by atoms with Crippen LogP contribution in [0, 0.1) is 11.8 Å². The van der Waals surface area contributed by atoms with Gasteiger partial charge in [0.05, 0.1) is 0 Å². The van der Waals surface area contributed by atoms with Crippen molar-refractivity contribution in [2.24, 2.45) is 0 Å². The van der Waals surface area contributed by atoms with Crippen LogP contribution in [0.5, 0.6) is 11.5 Å². The Morgan fingerprint density at radius 1 is 1.35 bits per heavy atom. The largest absolute Gasteiger partial charge is 0.454 e. The molecule has 0 amide bonds. The predicted molar refractivity (Wildman–Crippen MR) is 65.2 cm³/mol. The highest BCUT2D eigenvalue weighted by Gasteiger charge is 2.12. The molecule has 1 aromatic carbocycles. The van der Waals surface area contributed by atoms with Gasteiger partial charge in [-0.1, -0.05) is 35.0 Å². The molecule has 5 heteroatoms. The minimum absolute atomic E-state index is 0.0162. The Kier molecular flexibility index (Phi) is 3.80. The first-order chi connectivity index (χ1) is 8.15. The van der Waals surface area contributed by atoms with Crippen molar-refractivity contribution in [2.75, 3.05) is 6.79 Å². The molecule has 1 atom stereocenters. The van der Waals surface area contributed by atoms with Crippen LogP contribution >= 0.6 is 23.2 Å². The van der Waals surface area contributed by atoms with Gasteiger partial charge in [0.15, 0.2) is 11.5 Å². The summed E-state index contributed by atoms with van der Waals surface area (Å²) in [6.07, 6.45) is 0.244. The van der Waals surface area contributed by atoms with Gasteiger partial charge < -0.3 is 14.6 Å². The van der Waals surface area contributed by atoms with E-state index in [1.807, 2.05) is 0 Å². The van der Waals surface area contributed by atoms with Gasteiger partial charge in [-0.15, -0.1) is 0 Å². The van der Waals surface area contributed by atoms with Crippen LogP contribution in [0.2, 0.25) is 0 Å². The summed E-state index contributed by atoms with van der Waals surface area (Å²) in [6.45, 7) is 0.222. The van der Waals surface area contributed by atoms with Crippen molar-refractivity contribution in [3.63, 3.8) is 0 Å². The molecule has 0 saturated carbocycles. The number of ether oxygens (including phenoxy) is 2. The van der Waals surface area contributed by atoms with Crippen molar-refractivity contribution < 1.29 is 14.6 Å². The molecule has 0 spiro atoms. The number of hydrogen-bond donors (Lipinski definition) is 1. The normalized spacial score (nSPS) is 13.6. The molecule has 1 aliphatic heterocycles. The molecule has 1 N–H and O–H groups in total. The lowest BCUT2D eigenvalue weighted by atomic mass is 10.2. The third-order valence-electron chi connectivity index (χ3n) is 2.02. The minimum Gasteiger partial charge on any atom is -0.454 e. The summed E-state index contributed by atoms with van der Waals surface area (Å²) < 4.78 is 10.4. The molecule has 1 unspecified atom stereocenters. The second-order valence-electron chi connectivity index (χ2n) is 3.24. The number of halogens is 2. The van der Waals surface area contributed by atoms with Crippen molar-refractivity contribution in [3.8, 4) is 23.3 Å². The molecular formula is C12H8Cl2O3. The maximum absolute atomic E-state index is 9.40. The zero-order chi connectivity index (χ0) is 12.3. The summed E-state index contributed by atoms with van der Waals surface area (Å²) in [5.41, 5.74) is 0.715. The summed E-state index contributed by atoms with van der Waals surface area (Å²) in [4.78, 5) is 0. The lowest BCUT2D eigenvalue weighted by Crippen LogP contribution is -1.96. The van der Waals surface area contributed by atoms with E-state index in [0.717, 1.165) is 0 Å². The van der Waals surface area contributed by atoms with E-state index in [9.17, 15) is 5.11 Å². The fourth-order valence-corrected chi connectivity index (χ4v) is 1.53. The van der Waals surface area contributed by atoms with E-state index >= 15 is 0 Å². The Hall–Kier alpha value is -1.34. The van der Waals surface area contributed by atoms with Gasteiger partial charge in [0.25, 0.3) is 0 Å². The van der Waals surface area contributed by atoms with Crippen LogP contribution in [-0.2, 0) is 0 Å². The average Bonchev–Trinajstić information content (AvgIpc) is 2.72. The van der Waals surface area contributed by atoms with Crippen molar-refractivity contribution in [3.05, 3.63) is 34.3 Å². The molecule has 3 nitrogen and oxygen atoms in total. The van der Waals surface area contributed by atoms with E-state index in [1.165, 1.54) is 6.08 Å². The van der Waals surface area contributed by atoms with Gasteiger partial charge >= 0.3 is 0 Å². The summed E-state index contributed by atoms with van der Waals surface area (Å²) in [7, 11) is 0. The number of rotatable bonds is 1. The third kappa shape index (κ3) is 3.31. The molecule has 2 rings (SSSR count). The fraction of sp³-hybridized carbons (Fsp3) is 0.167. The van der Waals surface area contributed by atoms with E-state index in [4.69, 9.17) is 32.7 Å². The first kappa shape index (κ1) is 12.1. The summed E-state index contributed by atoms with van der Waals surface area (Å²) >= 11 is 10.8. The Bertz CT molecular complexity index is 510. The van der Waals surface area contributed by atoms with E-state index in [-0.39, 0.29) is 11.3 Å². The molecule has 1 aromatic rings. The molecule has 0 bridgehead atoms. The molecule has 0 aromatic heterocycles. The second kappa shape index (κ2) is 5.33. The maximum Gasteiger partial charge on any atom is 0.231 e. The quantitative estimate of drug-likeness (QED) is 0.797. The lowest BCUT2D eigenvalue weighted by molar-refractivity contribution is 0.174. The predicted octanol–water partition coefficient (Wildman–Crippen LogP) is 2.45. The molecule has 88 valence electrons. The lowest BCUT2D eigenvalue weighted by Gasteiger charge is -1.96. The highest BCUT2D eigenvalue weighted by Crippen LogP contribution is 2.32. The monoisotopic (exact) mass is 270 g/mol. The Morgan fingerprint density at radius 2 is 2.12 bits per heavy atom. The highest BCUT2D eigenvalue weighted by molar-refractivity contribution is 6.55. The molecule has 0 saturated heterocycles. The third-order valence-corrected chi connectivity index (χ3v) is 2.27. The van der Waals surface area contributed by atoms with E-state index in [2.05, 4.69) is 11.8 Å². The van der Waals surface area contributed by atoms with Crippen molar-refractivity contribution in [2.45, 2.75) is 6.10 Å². The molecular weight excluding hydrogens is 263 g/mol. The SMILES string of the molecule is OC(C#Cc1ccc2c(c1)OCO2)C=C(Cl)Cl. The zero-order valence-electron chi connectivity index (χ0n) is 8.61. The Balaban J connectivity index is 2.14. The molecule has 0 radical (unpaired) electrons. The van der Waals surface area contributed by atoms with Crippen LogP contribution in [0.25, 0.3) is 0 Å². The average molecular weight is 271 g/mol. The van der Waals surface area contributed by atoms with Crippen LogP contribution < -0.4 is 9.47 Å². The Labute approximate surface area is 109 Å². The zero-order valence-corrected chi connectivity index (χ0v) is 10.1. The van der Waals surface area contributed by atoms with Gasteiger partial charge in [-0.25, -0.2) is 0 Å². The summed E-state index contributed by atoms with van der Waals surface area (Å²) in [6, 6.07) is 5.29. The van der Waals surface area contributed by atoms with Gasteiger partial charge in [-0.3, -0.25) is 0 Å². The van der Waals surface area contributed by atoms with Gasteiger partial charge in [0.2, 0.25) is 6.79 Å². The second-order valence-corrected chi connectivity index (χ2v) is 4.25. The van der Waals surface area contributed by atoms with Crippen LogP contribution in [0.1, 0.15) is 5.56 Å². The molecule has 1 heterocycles. The summed E-state index contributed by atoms with van der Waals surface area (Å²) in [5, 5.41) is 9.40. The topological polar surface area (TPSA) is 38.7 Å². The van der Waals surface area contributed by atoms with Crippen molar-refractivity contribution in [1.29, 1.82) is 0 Å². The summed E-state index contributed by atoms with van der Waals surface area (Å²) in [5.74, 6) is 6.71. The number of fused-ring (bicyclic) bond motifs is 1. The molecule has 17 heavy (non-hydrogen) atoms. The fourth-order valence-electron chi connectivity index (χ4n) is 1.29. The number of hydrogen-bond acceptors (Lipinski definition) is 3. The first-order valence-electron chi connectivity index (χ1n) is 4.77. The highest BCUT2D eigenvalue weighted by atomic mass is 35.5. The molecule has 1 aliphatic rings. The molecule has 0 fully saturated rings. The van der Waals surface area contributed by atoms with Crippen molar-refractivity contribution in [1.82, 2.24) is 0 Å². The minimum atomic E-state index is -0.995. The van der Waals surface area contributed by atoms with Crippen LogP contribution in [0.3, 0.4) is 0 Å². The van der Waals surface area contributed by atoms with Gasteiger partial charge in [0.1, 0.15) is 10.6 Å². The van der Waals surface area contributed by atoms with Gasteiger partial charge in [-0.05, 0) is 24.3 Å². The number of aliphatic hydroxyl groups excluding tert-OH is 1. The van der Waals surface area contributed by atoms with Crippen LogP contribution in [-0.4, -0.2) is 18.0 Å². The first-order valence-corrected chi connectivity index (χ1v) is 5.53. The van der Waals surface area contributed by atoms with E-state index in [1.54, 1.807) is 18.2 Å². The van der Waals surface area contributed by atoms with Crippen molar-refractivity contribution >= 4 is 23.2 Å². The van der Waals surface area contributed by atoms with E-state index < -0.39 is 6.10 Å². The van der Waals surface area contributed by atoms with Crippen LogP contribution in [0.15, 0.2) is 28.8 Å². The van der Waals surface area contributed by atoms with Crippen LogP contribution in [0.4, 0.5) is 0 Å². The maximum atomic E-state index is 9.40. The Morgan fingerprint density at radius 3 is 2.88 bits per heavy atom. The standard InChI is InChI=1S/C12H8Cl2O3/c13-12(14)6-9(15)3-1-8-2-4-10-11(5-8)17-7-16-10/h2,4-6,9,15H,7H2. The molecule has 0 aliphatic carbocycles. The van der Waals surface area contributed by atoms with E-state index in [0.29, 0.717) is 17.1 Å².